The third-order valence-corrected chi connectivity index (χ3v) is 8.70. The van der Waals surface area contributed by atoms with Gasteiger partial charge >= 0.3 is 0 Å². The quantitative estimate of drug-likeness (QED) is 0.518. The van der Waals surface area contributed by atoms with Crippen LogP contribution in [0.4, 0.5) is 0 Å². The SMILES string of the molecule is CC(C)c1ccc(-c2cc3n(n2)CC(C)(C(=O)NC2CCCCC2)N(C2CCCCCC2)C3=O)cc1. The van der Waals surface area contributed by atoms with Crippen LogP contribution in [0.2, 0.25) is 0 Å². The number of hydrogen-bond donors (Lipinski definition) is 1. The van der Waals surface area contributed by atoms with Crippen molar-refractivity contribution in [3.05, 3.63) is 41.6 Å². The largest absolute Gasteiger partial charge is 0.351 e. The fraction of sp³-hybridized carbons (Fsp3) is 0.633. The van der Waals surface area contributed by atoms with Gasteiger partial charge in [0.05, 0.1) is 12.2 Å². The molecule has 0 radical (unpaired) electrons. The molecule has 2 fully saturated rings. The molecule has 1 aromatic heterocycles. The summed E-state index contributed by atoms with van der Waals surface area (Å²) in [5, 5.41) is 8.20. The highest BCUT2D eigenvalue weighted by Gasteiger charge is 2.51. The van der Waals surface area contributed by atoms with E-state index >= 15 is 0 Å². The summed E-state index contributed by atoms with van der Waals surface area (Å²) < 4.78 is 1.79. The maximum atomic E-state index is 14.1. The molecule has 36 heavy (non-hydrogen) atoms. The van der Waals surface area contributed by atoms with E-state index in [1.54, 1.807) is 4.68 Å². The van der Waals surface area contributed by atoms with E-state index in [1.807, 2.05) is 17.9 Å². The molecule has 194 valence electrons. The van der Waals surface area contributed by atoms with Crippen LogP contribution in [0.15, 0.2) is 30.3 Å². The molecule has 5 rings (SSSR count). The number of carbonyl (C=O) groups excluding carboxylic acids is 2. The molecule has 1 N–H and O–H groups in total. The molecule has 2 saturated carbocycles. The number of amides is 2. The number of fused-ring (bicyclic) bond motifs is 1. The summed E-state index contributed by atoms with van der Waals surface area (Å²) in [5.41, 5.74) is 2.74. The van der Waals surface area contributed by atoms with Crippen LogP contribution >= 0.6 is 0 Å². The van der Waals surface area contributed by atoms with E-state index in [1.165, 1.54) is 24.8 Å². The van der Waals surface area contributed by atoms with Crippen molar-refractivity contribution >= 4 is 11.8 Å². The van der Waals surface area contributed by atoms with Crippen molar-refractivity contribution in [3.63, 3.8) is 0 Å². The zero-order valence-electron chi connectivity index (χ0n) is 22.3. The average Bonchev–Trinajstić information content (AvgIpc) is 3.12. The zero-order valence-corrected chi connectivity index (χ0v) is 22.3. The summed E-state index contributed by atoms with van der Waals surface area (Å²) in [4.78, 5) is 30.0. The first-order chi connectivity index (χ1) is 17.4. The van der Waals surface area contributed by atoms with E-state index in [4.69, 9.17) is 5.10 Å². The van der Waals surface area contributed by atoms with Gasteiger partial charge in [0.15, 0.2) is 0 Å². The monoisotopic (exact) mass is 490 g/mol. The number of benzene rings is 1. The Bertz CT molecular complexity index is 1070. The number of nitrogens with zero attached hydrogens (tertiary/aromatic N) is 3. The smallest absolute Gasteiger partial charge is 0.273 e. The predicted octanol–water partition coefficient (Wildman–Crippen LogP) is 6.06. The maximum absolute atomic E-state index is 14.1. The van der Waals surface area contributed by atoms with E-state index in [-0.39, 0.29) is 23.9 Å². The van der Waals surface area contributed by atoms with E-state index < -0.39 is 5.54 Å². The van der Waals surface area contributed by atoms with Gasteiger partial charge in [-0.15, -0.1) is 0 Å². The number of hydrogen-bond acceptors (Lipinski definition) is 3. The molecule has 6 heteroatoms. The zero-order chi connectivity index (χ0) is 25.3. The summed E-state index contributed by atoms with van der Waals surface area (Å²) in [7, 11) is 0. The van der Waals surface area contributed by atoms with Gasteiger partial charge < -0.3 is 10.2 Å². The van der Waals surface area contributed by atoms with Crippen molar-refractivity contribution in [1.29, 1.82) is 0 Å². The van der Waals surface area contributed by atoms with E-state index in [0.717, 1.165) is 62.6 Å². The van der Waals surface area contributed by atoms with Crippen molar-refractivity contribution in [1.82, 2.24) is 20.0 Å². The molecule has 0 saturated heterocycles. The maximum Gasteiger partial charge on any atom is 0.273 e. The normalized spacial score (nSPS) is 24.0. The Balaban J connectivity index is 1.48. The van der Waals surface area contributed by atoms with Crippen molar-refractivity contribution in [3.8, 4) is 11.3 Å². The first-order valence-corrected chi connectivity index (χ1v) is 14.2. The van der Waals surface area contributed by atoms with Crippen molar-refractivity contribution in [2.75, 3.05) is 0 Å². The van der Waals surface area contributed by atoms with Crippen LogP contribution in [0.5, 0.6) is 0 Å². The lowest BCUT2D eigenvalue weighted by atomic mass is 9.89. The second kappa shape index (κ2) is 10.4. The number of aromatic nitrogens is 2. The van der Waals surface area contributed by atoms with Crippen molar-refractivity contribution in [2.45, 2.75) is 121 Å². The van der Waals surface area contributed by atoms with Crippen molar-refractivity contribution in [2.24, 2.45) is 0 Å². The van der Waals surface area contributed by atoms with Gasteiger partial charge in [0.25, 0.3) is 5.91 Å². The number of rotatable bonds is 5. The van der Waals surface area contributed by atoms with Crippen LogP contribution in [-0.4, -0.2) is 44.1 Å². The Morgan fingerprint density at radius 3 is 2.22 bits per heavy atom. The molecule has 2 heterocycles. The topological polar surface area (TPSA) is 67.2 Å². The van der Waals surface area contributed by atoms with Gasteiger partial charge in [-0.3, -0.25) is 14.3 Å². The van der Waals surface area contributed by atoms with E-state index in [9.17, 15) is 9.59 Å². The van der Waals surface area contributed by atoms with Gasteiger partial charge in [0.2, 0.25) is 5.91 Å². The lowest BCUT2D eigenvalue weighted by Gasteiger charge is -2.47. The van der Waals surface area contributed by atoms with E-state index in [2.05, 4.69) is 43.4 Å². The molecule has 1 aromatic carbocycles. The molecule has 3 aliphatic rings. The third-order valence-electron chi connectivity index (χ3n) is 8.70. The molecule has 1 unspecified atom stereocenters. The first kappa shape index (κ1) is 25.0. The minimum absolute atomic E-state index is 0.0176. The van der Waals surface area contributed by atoms with E-state index in [0.29, 0.717) is 18.2 Å². The Labute approximate surface area is 215 Å². The molecule has 2 amide bonds. The fourth-order valence-electron chi connectivity index (χ4n) is 6.46. The molecule has 0 spiro atoms. The number of nitrogens with one attached hydrogen (secondary N) is 1. The summed E-state index contributed by atoms with van der Waals surface area (Å²) in [6.45, 7) is 6.73. The second-order valence-corrected chi connectivity index (χ2v) is 11.8. The molecule has 1 aliphatic heterocycles. The highest BCUT2D eigenvalue weighted by molar-refractivity contribution is 6.00. The Morgan fingerprint density at radius 1 is 0.972 bits per heavy atom. The third kappa shape index (κ3) is 4.83. The van der Waals surface area contributed by atoms with Crippen LogP contribution in [0.1, 0.15) is 113 Å². The van der Waals surface area contributed by atoms with Crippen LogP contribution < -0.4 is 5.32 Å². The van der Waals surface area contributed by atoms with Gasteiger partial charge in [-0.1, -0.05) is 83.1 Å². The molecule has 2 aromatic rings. The Kier molecular flexibility index (Phi) is 7.23. The second-order valence-electron chi connectivity index (χ2n) is 11.8. The molecule has 2 aliphatic carbocycles. The fourth-order valence-corrected chi connectivity index (χ4v) is 6.46. The molecule has 0 bridgehead atoms. The van der Waals surface area contributed by atoms with Crippen LogP contribution in [-0.2, 0) is 11.3 Å². The predicted molar refractivity (Wildman–Crippen MR) is 143 cm³/mol. The number of carbonyl (C=O) groups is 2. The summed E-state index contributed by atoms with van der Waals surface area (Å²) in [6, 6.07) is 10.7. The summed E-state index contributed by atoms with van der Waals surface area (Å²) in [6.07, 6.45) is 12.2. The van der Waals surface area contributed by atoms with Crippen LogP contribution in [0.3, 0.4) is 0 Å². The Hall–Kier alpha value is -2.63. The standard InChI is InChI=1S/C30H42N4O2/c1-21(2)22-15-17-23(18-16-22)26-19-27-28(35)34(25-13-9-4-5-10-14-25)30(3,20-33(27)32-26)29(36)31-24-11-7-6-8-12-24/h15-19,21,24-25H,4-14,20H2,1-3H3,(H,31,36). The van der Waals surface area contributed by atoms with Gasteiger partial charge in [0.1, 0.15) is 11.2 Å². The summed E-state index contributed by atoms with van der Waals surface area (Å²) in [5.74, 6) is 0.398. The minimum atomic E-state index is -0.943. The van der Waals surface area contributed by atoms with Gasteiger partial charge in [0, 0.05) is 17.6 Å². The average molecular weight is 491 g/mol. The van der Waals surface area contributed by atoms with Gasteiger partial charge in [-0.25, -0.2) is 0 Å². The van der Waals surface area contributed by atoms with Gasteiger partial charge in [-0.05, 0) is 50.2 Å². The highest BCUT2D eigenvalue weighted by Crippen LogP contribution is 2.36. The van der Waals surface area contributed by atoms with Crippen LogP contribution in [0.25, 0.3) is 11.3 Å². The first-order valence-electron chi connectivity index (χ1n) is 14.2. The van der Waals surface area contributed by atoms with Gasteiger partial charge in [-0.2, -0.15) is 5.10 Å². The summed E-state index contributed by atoms with van der Waals surface area (Å²) >= 11 is 0. The van der Waals surface area contributed by atoms with Crippen molar-refractivity contribution < 1.29 is 9.59 Å². The van der Waals surface area contributed by atoms with Crippen LogP contribution in [0, 0.1) is 0 Å². The lowest BCUT2D eigenvalue weighted by molar-refractivity contribution is -0.135. The lowest BCUT2D eigenvalue weighted by Crippen LogP contribution is -2.67. The molecular weight excluding hydrogens is 448 g/mol. The molecule has 1 atom stereocenters. The molecular formula is C30H42N4O2. The minimum Gasteiger partial charge on any atom is -0.351 e. The highest BCUT2D eigenvalue weighted by atomic mass is 16.2. The Morgan fingerprint density at radius 2 is 1.58 bits per heavy atom. The molecule has 6 nitrogen and oxygen atoms in total.